The van der Waals surface area contributed by atoms with Crippen LogP contribution in [0, 0.1) is 16.6 Å². The summed E-state index contributed by atoms with van der Waals surface area (Å²) in [5, 5.41) is 4.87. The number of benzene rings is 1. The first-order valence-electron chi connectivity index (χ1n) is 10.5. The highest BCUT2D eigenvalue weighted by atomic mass is 32.2. The van der Waals surface area contributed by atoms with Crippen molar-refractivity contribution in [3.05, 3.63) is 34.9 Å². The average molecular weight is 446 g/mol. The maximum Gasteiger partial charge on any atom is 0.198 e. The molecule has 2 aliphatic rings. The lowest BCUT2D eigenvalue weighted by Crippen LogP contribution is -2.42. The molecule has 3 heterocycles. The quantitative estimate of drug-likeness (QED) is 0.392. The highest BCUT2D eigenvalue weighted by molar-refractivity contribution is 8.00. The Morgan fingerprint density at radius 1 is 1.17 bits per heavy atom. The van der Waals surface area contributed by atoms with E-state index in [2.05, 4.69) is 27.7 Å². The number of likely N-dealkylation sites (tertiary alicyclic amines) is 1. The fourth-order valence-corrected chi connectivity index (χ4v) is 7.03. The van der Waals surface area contributed by atoms with Gasteiger partial charge in [-0.2, -0.15) is 5.10 Å². The van der Waals surface area contributed by atoms with Crippen LogP contribution in [0.1, 0.15) is 37.9 Å². The van der Waals surface area contributed by atoms with Crippen LogP contribution in [0.4, 0.5) is 0 Å². The molecule has 1 aliphatic carbocycles. The molecule has 29 heavy (non-hydrogen) atoms. The zero-order chi connectivity index (χ0) is 19.8. The number of thiazole rings is 1. The average Bonchev–Trinajstić information content (AvgIpc) is 3.28. The van der Waals surface area contributed by atoms with Crippen LogP contribution in [-0.4, -0.2) is 37.3 Å². The second-order valence-electron chi connectivity index (χ2n) is 8.31. The first-order chi connectivity index (χ1) is 14.2. The van der Waals surface area contributed by atoms with Gasteiger partial charge in [-0.15, -0.1) is 11.3 Å². The van der Waals surface area contributed by atoms with E-state index in [0.717, 1.165) is 44.7 Å². The van der Waals surface area contributed by atoms with Gasteiger partial charge >= 0.3 is 0 Å². The smallest absolute Gasteiger partial charge is 0.198 e. The SMILES string of the molecule is Cn1c(CSc2nc3ccccc3s2)nn(CN2CCC3CCCCC3C2)c1=S. The summed E-state index contributed by atoms with van der Waals surface area (Å²) in [7, 11) is 2.04. The Labute approximate surface area is 185 Å². The van der Waals surface area contributed by atoms with Crippen LogP contribution in [0.3, 0.4) is 0 Å². The molecule has 0 spiro atoms. The molecule has 2 fully saturated rings. The summed E-state index contributed by atoms with van der Waals surface area (Å²) < 4.78 is 7.22. The van der Waals surface area contributed by atoms with Gasteiger partial charge < -0.3 is 4.57 Å². The zero-order valence-corrected chi connectivity index (χ0v) is 19.2. The van der Waals surface area contributed by atoms with Crippen LogP contribution >= 0.6 is 35.3 Å². The molecule has 0 bridgehead atoms. The summed E-state index contributed by atoms with van der Waals surface area (Å²) >= 11 is 9.19. The monoisotopic (exact) mass is 445 g/mol. The number of thioether (sulfide) groups is 1. The number of aromatic nitrogens is 4. The summed E-state index contributed by atoms with van der Waals surface area (Å²) in [6.07, 6.45) is 7.02. The van der Waals surface area contributed by atoms with E-state index in [1.54, 1.807) is 23.1 Å². The predicted molar refractivity (Wildman–Crippen MR) is 123 cm³/mol. The van der Waals surface area contributed by atoms with Gasteiger partial charge in [-0.3, -0.25) is 4.90 Å². The molecule has 3 aromatic rings. The molecule has 1 aromatic carbocycles. The molecule has 1 saturated heterocycles. The molecular formula is C21H27N5S3. The molecule has 1 aliphatic heterocycles. The molecular weight excluding hydrogens is 418 g/mol. The van der Waals surface area contributed by atoms with E-state index in [-0.39, 0.29) is 0 Å². The molecule has 5 rings (SSSR count). The predicted octanol–water partition coefficient (Wildman–Crippen LogP) is 5.32. The Kier molecular flexibility index (Phi) is 5.78. The molecule has 0 amide bonds. The number of hydrogen-bond acceptors (Lipinski definition) is 6. The number of fused-ring (bicyclic) bond motifs is 2. The Morgan fingerprint density at radius 2 is 2.00 bits per heavy atom. The number of nitrogens with zero attached hydrogens (tertiary/aromatic N) is 5. The van der Waals surface area contributed by atoms with Crippen LogP contribution in [0.2, 0.25) is 0 Å². The highest BCUT2D eigenvalue weighted by Gasteiger charge is 2.31. The molecule has 154 valence electrons. The minimum atomic E-state index is 0.789. The topological polar surface area (TPSA) is 38.9 Å². The number of rotatable bonds is 5. The van der Waals surface area contributed by atoms with Gasteiger partial charge in [0.25, 0.3) is 0 Å². The third-order valence-corrected chi connectivity index (χ3v) is 9.10. The first kappa shape index (κ1) is 19.7. The lowest BCUT2D eigenvalue weighted by Gasteiger charge is -2.41. The van der Waals surface area contributed by atoms with E-state index in [4.69, 9.17) is 22.3 Å². The van der Waals surface area contributed by atoms with Crippen LogP contribution in [-0.2, 0) is 19.5 Å². The molecule has 5 nitrogen and oxygen atoms in total. The van der Waals surface area contributed by atoms with Crippen molar-refractivity contribution < 1.29 is 0 Å². The van der Waals surface area contributed by atoms with E-state index in [1.807, 2.05) is 17.8 Å². The molecule has 8 heteroatoms. The van der Waals surface area contributed by atoms with Crippen LogP contribution in [0.25, 0.3) is 10.2 Å². The zero-order valence-electron chi connectivity index (χ0n) is 16.8. The summed E-state index contributed by atoms with van der Waals surface area (Å²) in [4.78, 5) is 7.28. The number of hydrogen-bond donors (Lipinski definition) is 0. The first-order valence-corrected chi connectivity index (χ1v) is 12.7. The van der Waals surface area contributed by atoms with E-state index >= 15 is 0 Å². The maximum absolute atomic E-state index is 5.70. The maximum atomic E-state index is 5.70. The summed E-state index contributed by atoms with van der Waals surface area (Å²) in [6, 6.07) is 8.30. The Hall–Kier alpha value is -1.22. The van der Waals surface area contributed by atoms with Gasteiger partial charge in [-0.05, 0) is 49.0 Å². The fraction of sp³-hybridized carbons (Fsp3) is 0.571. The Morgan fingerprint density at radius 3 is 2.86 bits per heavy atom. The Balaban J connectivity index is 1.25. The second kappa shape index (κ2) is 8.49. The molecule has 0 radical (unpaired) electrons. The molecule has 2 unspecified atom stereocenters. The van der Waals surface area contributed by atoms with Gasteiger partial charge in [-0.1, -0.05) is 43.2 Å². The minimum absolute atomic E-state index is 0.789. The van der Waals surface area contributed by atoms with Crippen molar-refractivity contribution in [3.8, 4) is 0 Å². The van der Waals surface area contributed by atoms with Gasteiger partial charge in [0.2, 0.25) is 0 Å². The lowest BCUT2D eigenvalue weighted by atomic mass is 9.75. The Bertz CT molecular complexity index is 1020. The van der Waals surface area contributed by atoms with Crippen molar-refractivity contribution in [2.24, 2.45) is 18.9 Å². The second-order valence-corrected chi connectivity index (χ2v) is 10.9. The standard InChI is InChI=1S/C21H27N5S3/c1-24-19(13-28-20-22-17-8-4-5-9-18(17)29-20)23-26(21(24)27)14-25-11-10-15-6-2-3-7-16(15)12-25/h4-5,8-9,15-16H,2-3,6-7,10-14H2,1H3. The van der Waals surface area contributed by atoms with Gasteiger partial charge in [0, 0.05) is 20.1 Å². The van der Waals surface area contributed by atoms with Crippen LogP contribution < -0.4 is 0 Å². The van der Waals surface area contributed by atoms with Crippen molar-refractivity contribution in [1.82, 2.24) is 24.2 Å². The largest absolute Gasteiger partial charge is 0.306 e. The normalized spacial score (nSPS) is 22.8. The van der Waals surface area contributed by atoms with Crippen LogP contribution in [0.15, 0.2) is 28.6 Å². The number of para-hydroxylation sites is 1. The van der Waals surface area contributed by atoms with Crippen LogP contribution in [0.5, 0.6) is 0 Å². The van der Waals surface area contributed by atoms with Crippen molar-refractivity contribution >= 4 is 45.5 Å². The molecule has 2 atom stereocenters. The fourth-order valence-electron chi connectivity index (χ4n) is 4.78. The third-order valence-electron chi connectivity index (χ3n) is 6.44. The van der Waals surface area contributed by atoms with Gasteiger partial charge in [0.05, 0.1) is 22.6 Å². The summed E-state index contributed by atoms with van der Waals surface area (Å²) in [5.41, 5.74) is 1.07. The number of piperidine rings is 1. The molecule has 0 N–H and O–H groups in total. The van der Waals surface area contributed by atoms with Crippen molar-refractivity contribution in [1.29, 1.82) is 0 Å². The van der Waals surface area contributed by atoms with Gasteiger partial charge in [0.15, 0.2) is 9.11 Å². The van der Waals surface area contributed by atoms with Crippen molar-refractivity contribution in [2.75, 3.05) is 13.1 Å². The van der Waals surface area contributed by atoms with Crippen molar-refractivity contribution in [2.45, 2.75) is 48.9 Å². The summed E-state index contributed by atoms with van der Waals surface area (Å²) in [5.74, 6) is 3.64. The van der Waals surface area contributed by atoms with Crippen molar-refractivity contribution in [3.63, 3.8) is 0 Å². The molecule has 1 saturated carbocycles. The van der Waals surface area contributed by atoms with Gasteiger partial charge in [0.1, 0.15) is 5.82 Å². The van der Waals surface area contributed by atoms with E-state index in [1.165, 1.54) is 49.9 Å². The molecule has 2 aromatic heterocycles. The lowest BCUT2D eigenvalue weighted by molar-refractivity contribution is 0.0624. The minimum Gasteiger partial charge on any atom is -0.306 e. The third kappa shape index (κ3) is 4.17. The highest BCUT2D eigenvalue weighted by Crippen LogP contribution is 2.36. The van der Waals surface area contributed by atoms with E-state index in [0.29, 0.717) is 0 Å². The van der Waals surface area contributed by atoms with E-state index < -0.39 is 0 Å². The van der Waals surface area contributed by atoms with Gasteiger partial charge in [-0.25, -0.2) is 9.67 Å². The van der Waals surface area contributed by atoms with E-state index in [9.17, 15) is 0 Å². The summed E-state index contributed by atoms with van der Waals surface area (Å²) in [6.45, 7) is 3.20.